The fourth-order valence-corrected chi connectivity index (χ4v) is 2.53. The van der Waals surface area contributed by atoms with Crippen molar-refractivity contribution in [2.24, 2.45) is 0 Å². The largest absolute Gasteiger partial charge is 0.483 e. The molecule has 21 heavy (non-hydrogen) atoms. The molecule has 0 amide bonds. The third kappa shape index (κ3) is 3.92. The van der Waals surface area contributed by atoms with E-state index < -0.39 is 31.3 Å². The van der Waals surface area contributed by atoms with Crippen molar-refractivity contribution in [3.05, 3.63) is 59.2 Å². The summed E-state index contributed by atoms with van der Waals surface area (Å²) in [5, 5.41) is 0. The molecule has 0 unspecified atom stereocenters. The number of hydrogen-bond acceptors (Lipinski definition) is 3. The molecule has 0 aromatic heterocycles. The topological polar surface area (TPSA) is 43.4 Å². The minimum atomic E-state index is -4.20. The average molecular weight is 333 g/mol. The van der Waals surface area contributed by atoms with E-state index >= 15 is 0 Å². The zero-order chi connectivity index (χ0) is 15.6. The number of rotatable bonds is 4. The van der Waals surface area contributed by atoms with Gasteiger partial charge in [-0.05, 0) is 24.6 Å². The molecule has 112 valence electrons. The van der Waals surface area contributed by atoms with Crippen molar-refractivity contribution >= 4 is 19.7 Å². The van der Waals surface area contributed by atoms with Crippen LogP contribution in [-0.2, 0) is 15.7 Å². The van der Waals surface area contributed by atoms with Crippen molar-refractivity contribution in [2.75, 3.05) is 0 Å². The molecule has 0 fully saturated rings. The number of hydrogen-bond donors (Lipinski definition) is 0. The molecule has 0 saturated carbocycles. The van der Waals surface area contributed by atoms with Gasteiger partial charge >= 0.3 is 0 Å². The predicted molar refractivity (Wildman–Crippen MR) is 74.9 cm³/mol. The SMILES string of the molecule is Cc1cccc(COc2c(F)cc(S(=O)(=O)Cl)cc2F)c1. The van der Waals surface area contributed by atoms with E-state index in [1.807, 2.05) is 19.1 Å². The summed E-state index contributed by atoms with van der Waals surface area (Å²) in [7, 11) is 0.843. The van der Waals surface area contributed by atoms with Crippen LogP contribution in [0.3, 0.4) is 0 Å². The van der Waals surface area contributed by atoms with E-state index in [9.17, 15) is 17.2 Å². The van der Waals surface area contributed by atoms with Crippen LogP contribution in [0.25, 0.3) is 0 Å². The highest BCUT2D eigenvalue weighted by Crippen LogP contribution is 2.27. The molecule has 0 aliphatic heterocycles. The number of ether oxygens (including phenoxy) is 1. The third-order valence-corrected chi connectivity index (χ3v) is 4.05. The van der Waals surface area contributed by atoms with E-state index in [1.54, 1.807) is 12.1 Å². The van der Waals surface area contributed by atoms with E-state index in [4.69, 9.17) is 15.4 Å². The van der Waals surface area contributed by atoms with Crippen LogP contribution in [0.5, 0.6) is 5.75 Å². The first-order valence-electron chi connectivity index (χ1n) is 5.89. The van der Waals surface area contributed by atoms with Crippen LogP contribution in [0.15, 0.2) is 41.3 Å². The van der Waals surface area contributed by atoms with Gasteiger partial charge in [0.2, 0.25) is 0 Å². The fraction of sp³-hybridized carbons (Fsp3) is 0.143. The van der Waals surface area contributed by atoms with Crippen LogP contribution in [0, 0.1) is 18.6 Å². The van der Waals surface area contributed by atoms with Gasteiger partial charge in [-0.1, -0.05) is 29.8 Å². The first kappa shape index (κ1) is 15.7. The molecular weight excluding hydrogens is 322 g/mol. The molecule has 7 heteroatoms. The predicted octanol–water partition coefficient (Wildman–Crippen LogP) is 3.78. The molecule has 0 N–H and O–H groups in total. The maximum Gasteiger partial charge on any atom is 0.261 e. The molecule has 0 radical (unpaired) electrons. The first-order chi connectivity index (χ1) is 9.77. The Morgan fingerprint density at radius 2 is 1.76 bits per heavy atom. The van der Waals surface area contributed by atoms with Gasteiger partial charge in [-0.15, -0.1) is 0 Å². The Morgan fingerprint density at radius 3 is 2.29 bits per heavy atom. The summed E-state index contributed by atoms with van der Waals surface area (Å²) < 4.78 is 54.7. The second kappa shape index (κ2) is 5.99. The van der Waals surface area contributed by atoms with Crippen LogP contribution in [0.1, 0.15) is 11.1 Å². The number of aryl methyl sites for hydroxylation is 1. The number of halogens is 3. The Bertz CT molecular complexity index is 753. The average Bonchev–Trinajstić information content (AvgIpc) is 2.36. The summed E-state index contributed by atoms with van der Waals surface area (Å²) in [6, 6.07) is 8.48. The van der Waals surface area contributed by atoms with Crippen LogP contribution in [0.2, 0.25) is 0 Å². The van der Waals surface area contributed by atoms with Crippen molar-refractivity contribution in [1.82, 2.24) is 0 Å². The summed E-state index contributed by atoms with van der Waals surface area (Å²) >= 11 is 0. The van der Waals surface area contributed by atoms with Gasteiger partial charge in [0.1, 0.15) is 6.61 Å². The number of benzene rings is 2. The first-order valence-corrected chi connectivity index (χ1v) is 8.20. The van der Waals surface area contributed by atoms with Gasteiger partial charge in [-0.2, -0.15) is 0 Å². The van der Waals surface area contributed by atoms with E-state index in [0.717, 1.165) is 11.1 Å². The summed E-state index contributed by atoms with van der Waals surface area (Å²) in [6.07, 6.45) is 0. The molecule has 0 bridgehead atoms. The van der Waals surface area contributed by atoms with Gasteiger partial charge in [0, 0.05) is 10.7 Å². The lowest BCUT2D eigenvalue weighted by Crippen LogP contribution is -2.02. The van der Waals surface area contributed by atoms with E-state index in [1.165, 1.54) is 0 Å². The molecule has 0 heterocycles. The second-order valence-electron chi connectivity index (χ2n) is 4.43. The molecule has 0 aliphatic carbocycles. The quantitative estimate of drug-likeness (QED) is 0.800. The van der Waals surface area contributed by atoms with Crippen LogP contribution < -0.4 is 4.74 Å². The monoisotopic (exact) mass is 332 g/mol. The summed E-state index contributed by atoms with van der Waals surface area (Å²) in [5.74, 6) is -2.88. The molecule has 0 spiro atoms. The zero-order valence-corrected chi connectivity index (χ0v) is 12.5. The lowest BCUT2D eigenvalue weighted by Gasteiger charge is -2.10. The lowest BCUT2D eigenvalue weighted by atomic mass is 10.1. The van der Waals surface area contributed by atoms with E-state index in [-0.39, 0.29) is 6.61 Å². The van der Waals surface area contributed by atoms with Crippen molar-refractivity contribution in [1.29, 1.82) is 0 Å². The van der Waals surface area contributed by atoms with Crippen LogP contribution in [0.4, 0.5) is 8.78 Å². The third-order valence-electron chi connectivity index (χ3n) is 2.72. The smallest absolute Gasteiger partial charge is 0.261 e. The maximum atomic E-state index is 13.7. The molecule has 0 saturated heterocycles. The summed E-state index contributed by atoms with van der Waals surface area (Å²) in [5.41, 5.74) is 1.73. The van der Waals surface area contributed by atoms with Gasteiger partial charge in [0.05, 0.1) is 4.90 Å². The highest BCUT2D eigenvalue weighted by molar-refractivity contribution is 8.13. The highest BCUT2D eigenvalue weighted by atomic mass is 35.7. The molecular formula is C14H11ClF2O3S. The van der Waals surface area contributed by atoms with E-state index in [2.05, 4.69) is 0 Å². The van der Waals surface area contributed by atoms with Gasteiger partial charge in [0.15, 0.2) is 17.4 Å². The van der Waals surface area contributed by atoms with Gasteiger partial charge in [-0.25, -0.2) is 17.2 Å². The molecule has 2 rings (SSSR count). The minimum Gasteiger partial charge on any atom is -0.483 e. The Kier molecular flexibility index (Phi) is 4.49. The zero-order valence-electron chi connectivity index (χ0n) is 10.9. The Balaban J connectivity index is 2.25. The van der Waals surface area contributed by atoms with Crippen molar-refractivity contribution < 1.29 is 21.9 Å². The standard InChI is InChI=1S/C14H11ClF2O3S/c1-9-3-2-4-10(5-9)8-20-14-12(16)6-11(7-13(14)17)21(15,18)19/h2-7H,8H2,1H3. The lowest BCUT2D eigenvalue weighted by molar-refractivity contribution is 0.273. The fourth-order valence-electron chi connectivity index (χ4n) is 1.77. The Hall–Kier alpha value is -1.66. The Labute approximate surface area is 125 Å². The highest BCUT2D eigenvalue weighted by Gasteiger charge is 2.19. The van der Waals surface area contributed by atoms with Crippen molar-refractivity contribution in [3.8, 4) is 5.75 Å². The Morgan fingerprint density at radius 1 is 1.14 bits per heavy atom. The molecule has 0 aliphatic rings. The normalized spacial score (nSPS) is 11.4. The van der Waals surface area contributed by atoms with E-state index in [0.29, 0.717) is 12.1 Å². The molecule has 2 aromatic carbocycles. The summed E-state index contributed by atoms with van der Waals surface area (Å²) in [4.78, 5) is -0.651. The minimum absolute atomic E-state index is 0.0392. The van der Waals surface area contributed by atoms with Crippen LogP contribution in [-0.4, -0.2) is 8.42 Å². The molecule has 0 atom stereocenters. The van der Waals surface area contributed by atoms with Crippen LogP contribution >= 0.6 is 10.7 Å². The van der Waals surface area contributed by atoms with Gasteiger partial charge in [-0.3, -0.25) is 0 Å². The molecule has 3 nitrogen and oxygen atoms in total. The van der Waals surface area contributed by atoms with Crippen molar-refractivity contribution in [3.63, 3.8) is 0 Å². The molecule has 2 aromatic rings. The maximum absolute atomic E-state index is 13.7. The second-order valence-corrected chi connectivity index (χ2v) is 7.00. The van der Waals surface area contributed by atoms with Gasteiger partial charge in [0.25, 0.3) is 9.05 Å². The summed E-state index contributed by atoms with van der Waals surface area (Å²) in [6.45, 7) is 1.84. The van der Waals surface area contributed by atoms with Crippen molar-refractivity contribution in [2.45, 2.75) is 18.4 Å². The van der Waals surface area contributed by atoms with Gasteiger partial charge < -0.3 is 4.74 Å².